The highest BCUT2D eigenvalue weighted by atomic mass is 16.2. The molecule has 8 heteroatoms. The van der Waals surface area contributed by atoms with Gasteiger partial charge in [-0.3, -0.25) is 14.7 Å². The fraction of sp³-hybridized carbons (Fsp3) is 0.917. The van der Waals surface area contributed by atoms with E-state index in [1.807, 2.05) is 4.90 Å². The topological polar surface area (TPSA) is 57.7 Å². The van der Waals surface area contributed by atoms with Gasteiger partial charge in [-0.1, -0.05) is 6.92 Å². The first-order chi connectivity index (χ1) is 15.6. The molecule has 3 aliphatic heterocycles. The van der Waals surface area contributed by atoms with E-state index in [-0.39, 0.29) is 6.04 Å². The van der Waals surface area contributed by atoms with E-state index in [1.54, 1.807) is 0 Å². The summed E-state index contributed by atoms with van der Waals surface area (Å²) < 4.78 is 0. The number of amides is 1. The number of guanidine groups is 1. The van der Waals surface area contributed by atoms with Crippen molar-refractivity contribution in [2.24, 2.45) is 4.99 Å². The number of unbranched alkanes of at least 4 members (excludes halogenated alkanes) is 1. The van der Waals surface area contributed by atoms with Crippen LogP contribution in [0.2, 0.25) is 0 Å². The van der Waals surface area contributed by atoms with Crippen LogP contribution in [0.3, 0.4) is 0 Å². The first-order valence-corrected chi connectivity index (χ1v) is 13.1. The molecule has 32 heavy (non-hydrogen) atoms. The molecule has 0 aromatic heterocycles. The van der Waals surface area contributed by atoms with E-state index in [1.165, 1.54) is 45.7 Å². The number of carbonyl (C=O) groups excluding carboxylic acids is 1. The van der Waals surface area contributed by atoms with Crippen LogP contribution in [-0.4, -0.2) is 134 Å². The van der Waals surface area contributed by atoms with Crippen LogP contribution in [0.15, 0.2) is 4.99 Å². The molecule has 3 aliphatic rings. The number of nitrogens with one attached hydrogen (secondary N) is 1. The maximum atomic E-state index is 12.7. The summed E-state index contributed by atoms with van der Waals surface area (Å²) in [5.74, 6) is 1.36. The van der Waals surface area contributed by atoms with Gasteiger partial charge in [0.15, 0.2) is 5.96 Å². The number of hydrogen-bond donors (Lipinski definition) is 1. The summed E-state index contributed by atoms with van der Waals surface area (Å²) in [7, 11) is 0. The Morgan fingerprint density at radius 2 is 1.50 bits per heavy atom. The maximum absolute atomic E-state index is 12.7. The summed E-state index contributed by atoms with van der Waals surface area (Å²) in [4.78, 5) is 29.6. The summed E-state index contributed by atoms with van der Waals surface area (Å²) in [6.45, 7) is 21.1. The van der Waals surface area contributed by atoms with Gasteiger partial charge in [-0.2, -0.15) is 0 Å². The Balaban J connectivity index is 1.37. The fourth-order valence-electron chi connectivity index (χ4n) is 5.07. The van der Waals surface area contributed by atoms with E-state index < -0.39 is 0 Å². The Hall–Kier alpha value is -1.38. The van der Waals surface area contributed by atoms with Crippen molar-refractivity contribution in [1.82, 2.24) is 29.8 Å². The Morgan fingerprint density at radius 3 is 2.12 bits per heavy atom. The number of hydrogen-bond acceptors (Lipinski definition) is 5. The average Bonchev–Trinajstić information content (AvgIpc) is 3.38. The van der Waals surface area contributed by atoms with Crippen molar-refractivity contribution in [2.75, 3.05) is 91.6 Å². The van der Waals surface area contributed by atoms with Gasteiger partial charge in [0.05, 0.1) is 6.04 Å². The van der Waals surface area contributed by atoms with Crippen molar-refractivity contribution in [3.05, 3.63) is 0 Å². The van der Waals surface area contributed by atoms with Gasteiger partial charge in [-0.25, -0.2) is 0 Å². The lowest BCUT2D eigenvalue weighted by molar-refractivity contribution is -0.135. The molecule has 8 nitrogen and oxygen atoms in total. The third-order valence-corrected chi connectivity index (χ3v) is 7.33. The summed E-state index contributed by atoms with van der Waals surface area (Å²) in [5.41, 5.74) is 0. The minimum absolute atomic E-state index is 0.00559. The quantitative estimate of drug-likeness (QED) is 0.322. The van der Waals surface area contributed by atoms with Crippen LogP contribution in [0.25, 0.3) is 0 Å². The van der Waals surface area contributed by atoms with Gasteiger partial charge in [0.1, 0.15) is 0 Å². The number of likely N-dealkylation sites (N-methyl/N-ethyl adjacent to an activating group) is 1. The van der Waals surface area contributed by atoms with Crippen molar-refractivity contribution >= 4 is 11.9 Å². The van der Waals surface area contributed by atoms with E-state index in [9.17, 15) is 4.79 Å². The molecule has 3 heterocycles. The van der Waals surface area contributed by atoms with Crippen LogP contribution < -0.4 is 5.32 Å². The number of aliphatic imine (C=N–C) groups is 1. The van der Waals surface area contributed by atoms with Crippen LogP contribution in [0.4, 0.5) is 0 Å². The molecule has 1 atom stereocenters. The second kappa shape index (κ2) is 13.4. The van der Waals surface area contributed by atoms with Gasteiger partial charge >= 0.3 is 0 Å². The van der Waals surface area contributed by atoms with E-state index in [2.05, 4.69) is 45.7 Å². The Kier molecular flexibility index (Phi) is 10.5. The molecule has 1 N–H and O–H groups in total. The normalized spacial score (nSPS) is 23.0. The molecule has 0 saturated carbocycles. The predicted molar refractivity (Wildman–Crippen MR) is 132 cm³/mol. The molecule has 3 rings (SSSR count). The molecule has 0 bridgehead atoms. The molecular weight excluding hydrogens is 402 g/mol. The van der Waals surface area contributed by atoms with Crippen molar-refractivity contribution in [3.8, 4) is 0 Å². The van der Waals surface area contributed by atoms with Crippen LogP contribution >= 0.6 is 0 Å². The molecule has 0 aromatic carbocycles. The smallest absolute Gasteiger partial charge is 0.239 e. The third-order valence-electron chi connectivity index (χ3n) is 7.33. The molecule has 184 valence electrons. The lowest BCUT2D eigenvalue weighted by atomic mass is 10.2. The molecular formula is C24H47N7O. The van der Waals surface area contributed by atoms with Crippen LogP contribution in [0, 0.1) is 0 Å². The van der Waals surface area contributed by atoms with E-state index in [4.69, 9.17) is 4.99 Å². The minimum Gasteiger partial charge on any atom is -0.357 e. The van der Waals surface area contributed by atoms with Crippen molar-refractivity contribution in [3.63, 3.8) is 0 Å². The highest BCUT2D eigenvalue weighted by molar-refractivity contribution is 5.82. The largest absolute Gasteiger partial charge is 0.357 e. The minimum atomic E-state index is -0.00559. The molecule has 0 spiro atoms. The second-order valence-electron chi connectivity index (χ2n) is 9.45. The molecule has 0 aliphatic carbocycles. The lowest BCUT2D eigenvalue weighted by Crippen LogP contribution is -2.57. The summed E-state index contributed by atoms with van der Waals surface area (Å²) in [6, 6.07) is -0.00559. The molecule has 0 radical (unpaired) electrons. The van der Waals surface area contributed by atoms with Gasteiger partial charge in [0, 0.05) is 78.5 Å². The zero-order chi connectivity index (χ0) is 22.8. The number of nitrogens with zero attached hydrogens (tertiary/aromatic N) is 6. The Morgan fingerprint density at radius 1 is 0.844 bits per heavy atom. The molecule has 1 unspecified atom stereocenters. The fourth-order valence-corrected chi connectivity index (χ4v) is 5.07. The van der Waals surface area contributed by atoms with Gasteiger partial charge in [0.25, 0.3) is 0 Å². The summed E-state index contributed by atoms with van der Waals surface area (Å²) in [6.07, 6.45) is 4.68. The highest BCUT2D eigenvalue weighted by Crippen LogP contribution is 2.14. The van der Waals surface area contributed by atoms with Gasteiger partial charge in [-0.15, -0.1) is 0 Å². The first kappa shape index (κ1) is 25.2. The predicted octanol–water partition coefficient (Wildman–Crippen LogP) is 0.998. The Bertz CT molecular complexity index is 577. The van der Waals surface area contributed by atoms with Gasteiger partial charge < -0.3 is 24.9 Å². The zero-order valence-corrected chi connectivity index (χ0v) is 20.9. The second-order valence-corrected chi connectivity index (χ2v) is 9.45. The standard InChI is InChI=1S/C24H47N7O/c1-4-25-24(26-10-6-7-11-28-16-14-27(5-2)15-17-28)31-20-18-29(19-21-31)22(3)23(32)30-12-8-9-13-30/h22H,4-21H2,1-3H3,(H,25,26). The number of piperazine rings is 2. The SMILES string of the molecule is CCNC(=NCCCCN1CCN(CC)CC1)N1CCN(C(C)C(=O)N2CCCC2)CC1. The Labute approximate surface area is 196 Å². The zero-order valence-electron chi connectivity index (χ0n) is 20.9. The monoisotopic (exact) mass is 449 g/mol. The van der Waals surface area contributed by atoms with Crippen LogP contribution in [0.1, 0.15) is 46.5 Å². The third kappa shape index (κ3) is 7.32. The number of rotatable bonds is 9. The number of carbonyl (C=O) groups is 1. The van der Waals surface area contributed by atoms with E-state index >= 15 is 0 Å². The van der Waals surface area contributed by atoms with Crippen molar-refractivity contribution < 1.29 is 4.79 Å². The average molecular weight is 450 g/mol. The molecule has 0 aromatic rings. The first-order valence-electron chi connectivity index (χ1n) is 13.1. The summed E-state index contributed by atoms with van der Waals surface area (Å²) in [5, 5.41) is 3.48. The van der Waals surface area contributed by atoms with E-state index in [0.29, 0.717) is 5.91 Å². The molecule has 3 fully saturated rings. The van der Waals surface area contributed by atoms with Crippen LogP contribution in [-0.2, 0) is 4.79 Å². The maximum Gasteiger partial charge on any atom is 0.239 e. The summed E-state index contributed by atoms with van der Waals surface area (Å²) >= 11 is 0. The lowest BCUT2D eigenvalue weighted by Gasteiger charge is -2.39. The van der Waals surface area contributed by atoms with Crippen LogP contribution in [0.5, 0.6) is 0 Å². The van der Waals surface area contributed by atoms with Crippen molar-refractivity contribution in [1.29, 1.82) is 0 Å². The molecule has 1 amide bonds. The van der Waals surface area contributed by atoms with Gasteiger partial charge in [0.2, 0.25) is 5.91 Å². The number of likely N-dealkylation sites (tertiary alicyclic amines) is 1. The van der Waals surface area contributed by atoms with E-state index in [0.717, 1.165) is 77.6 Å². The van der Waals surface area contributed by atoms with Gasteiger partial charge in [-0.05, 0) is 52.6 Å². The highest BCUT2D eigenvalue weighted by Gasteiger charge is 2.30. The molecule has 3 saturated heterocycles. The van der Waals surface area contributed by atoms with Crippen molar-refractivity contribution in [2.45, 2.75) is 52.5 Å².